The van der Waals surface area contributed by atoms with Crippen LogP contribution in [-0.4, -0.2) is 30.6 Å². The highest BCUT2D eigenvalue weighted by molar-refractivity contribution is 7.10. The first-order valence-electron chi connectivity index (χ1n) is 5.97. The summed E-state index contributed by atoms with van der Waals surface area (Å²) in [5, 5.41) is 4.95. The Balaban J connectivity index is 1.87. The van der Waals surface area contributed by atoms with E-state index in [-0.39, 0.29) is 6.03 Å². The molecule has 18 heavy (non-hydrogen) atoms. The van der Waals surface area contributed by atoms with E-state index >= 15 is 0 Å². The van der Waals surface area contributed by atoms with E-state index in [4.69, 9.17) is 5.73 Å². The second-order valence-electron chi connectivity index (χ2n) is 4.39. The van der Waals surface area contributed by atoms with Gasteiger partial charge in [0, 0.05) is 28.9 Å². The standard InChI is InChI=1S/C13H17N3OS/c1-16(13(17)15-11-4-5-11)8-12-7-10(9-18-12)3-2-6-14/h7,9,11H,4-6,8,14H2,1H3,(H,15,17). The molecule has 2 amide bonds. The van der Waals surface area contributed by atoms with Crippen molar-refractivity contribution < 1.29 is 4.79 Å². The minimum Gasteiger partial charge on any atom is -0.335 e. The molecule has 1 aliphatic rings. The van der Waals surface area contributed by atoms with Crippen molar-refractivity contribution in [2.45, 2.75) is 25.4 Å². The molecular formula is C13H17N3OS. The Morgan fingerprint density at radius 3 is 3.11 bits per heavy atom. The Bertz CT molecular complexity index is 482. The molecule has 3 N–H and O–H groups in total. The third-order valence-corrected chi connectivity index (χ3v) is 3.55. The van der Waals surface area contributed by atoms with Gasteiger partial charge in [0.15, 0.2) is 0 Å². The van der Waals surface area contributed by atoms with Crippen molar-refractivity contribution in [3.8, 4) is 11.8 Å². The fraction of sp³-hybridized carbons (Fsp3) is 0.462. The minimum atomic E-state index is 0.000456. The molecule has 0 saturated heterocycles. The number of hydrogen-bond donors (Lipinski definition) is 2. The molecular weight excluding hydrogens is 246 g/mol. The lowest BCUT2D eigenvalue weighted by Crippen LogP contribution is -2.37. The van der Waals surface area contributed by atoms with E-state index in [0.717, 1.165) is 23.3 Å². The zero-order valence-corrected chi connectivity index (χ0v) is 11.2. The van der Waals surface area contributed by atoms with Gasteiger partial charge in [-0.2, -0.15) is 0 Å². The molecule has 1 aliphatic carbocycles. The van der Waals surface area contributed by atoms with Crippen LogP contribution in [0.2, 0.25) is 0 Å². The number of hydrogen-bond acceptors (Lipinski definition) is 3. The van der Waals surface area contributed by atoms with E-state index in [9.17, 15) is 4.79 Å². The molecule has 96 valence electrons. The molecule has 1 aromatic rings. The van der Waals surface area contributed by atoms with Crippen molar-refractivity contribution in [2.24, 2.45) is 5.73 Å². The van der Waals surface area contributed by atoms with E-state index in [1.54, 1.807) is 16.2 Å². The molecule has 0 aliphatic heterocycles. The molecule has 0 radical (unpaired) electrons. The van der Waals surface area contributed by atoms with Gasteiger partial charge in [0.2, 0.25) is 0 Å². The van der Waals surface area contributed by atoms with E-state index < -0.39 is 0 Å². The third-order valence-electron chi connectivity index (χ3n) is 2.63. The van der Waals surface area contributed by atoms with Crippen molar-refractivity contribution in [2.75, 3.05) is 13.6 Å². The predicted molar refractivity (Wildman–Crippen MR) is 73.3 cm³/mol. The van der Waals surface area contributed by atoms with Crippen molar-refractivity contribution >= 4 is 17.4 Å². The van der Waals surface area contributed by atoms with Gasteiger partial charge >= 0.3 is 6.03 Å². The second kappa shape index (κ2) is 5.89. The quantitative estimate of drug-likeness (QED) is 0.809. The first-order chi connectivity index (χ1) is 8.69. The van der Waals surface area contributed by atoms with E-state index in [2.05, 4.69) is 17.2 Å². The largest absolute Gasteiger partial charge is 0.335 e. The van der Waals surface area contributed by atoms with Gasteiger partial charge in [-0.3, -0.25) is 0 Å². The van der Waals surface area contributed by atoms with E-state index in [1.165, 1.54) is 0 Å². The highest BCUT2D eigenvalue weighted by Crippen LogP contribution is 2.20. The Kier molecular flexibility index (Phi) is 4.24. The molecule has 0 aromatic carbocycles. The van der Waals surface area contributed by atoms with Crippen LogP contribution in [0.15, 0.2) is 11.4 Å². The summed E-state index contributed by atoms with van der Waals surface area (Å²) < 4.78 is 0. The molecule has 0 spiro atoms. The first-order valence-corrected chi connectivity index (χ1v) is 6.85. The maximum atomic E-state index is 11.8. The van der Waals surface area contributed by atoms with Crippen molar-refractivity contribution in [3.63, 3.8) is 0 Å². The summed E-state index contributed by atoms with van der Waals surface area (Å²) in [6, 6.07) is 2.41. The summed E-state index contributed by atoms with van der Waals surface area (Å²) in [4.78, 5) is 14.6. The van der Waals surface area contributed by atoms with Crippen LogP contribution in [0.1, 0.15) is 23.3 Å². The Morgan fingerprint density at radius 1 is 1.67 bits per heavy atom. The fourth-order valence-corrected chi connectivity index (χ4v) is 2.37. The van der Waals surface area contributed by atoms with Crippen molar-refractivity contribution in [3.05, 3.63) is 21.9 Å². The Hall–Kier alpha value is -1.51. The highest BCUT2D eigenvalue weighted by atomic mass is 32.1. The first kappa shape index (κ1) is 12.9. The molecule has 1 aromatic heterocycles. The molecule has 0 bridgehead atoms. The number of urea groups is 1. The highest BCUT2D eigenvalue weighted by Gasteiger charge is 2.24. The fourth-order valence-electron chi connectivity index (χ4n) is 1.50. The maximum absolute atomic E-state index is 11.8. The van der Waals surface area contributed by atoms with Crippen LogP contribution in [0.5, 0.6) is 0 Å². The zero-order valence-electron chi connectivity index (χ0n) is 10.4. The molecule has 2 rings (SSSR count). The van der Waals surface area contributed by atoms with Gasteiger partial charge in [-0.25, -0.2) is 4.79 Å². The predicted octanol–water partition coefficient (Wildman–Crippen LogP) is 1.36. The second-order valence-corrected chi connectivity index (χ2v) is 5.38. The smallest absolute Gasteiger partial charge is 0.317 e. The summed E-state index contributed by atoms with van der Waals surface area (Å²) in [7, 11) is 1.81. The molecule has 1 saturated carbocycles. The summed E-state index contributed by atoms with van der Waals surface area (Å²) in [6.07, 6.45) is 2.22. The number of amides is 2. The molecule has 0 unspecified atom stereocenters. The average Bonchev–Trinajstić information content (AvgIpc) is 3.05. The van der Waals surface area contributed by atoms with Gasteiger partial charge < -0.3 is 16.0 Å². The van der Waals surface area contributed by atoms with Crippen molar-refractivity contribution in [1.29, 1.82) is 0 Å². The van der Waals surface area contributed by atoms with Gasteiger partial charge in [0.1, 0.15) is 0 Å². The number of carbonyl (C=O) groups is 1. The average molecular weight is 263 g/mol. The molecule has 1 heterocycles. The van der Waals surface area contributed by atoms with Crippen molar-refractivity contribution in [1.82, 2.24) is 10.2 Å². The SMILES string of the molecule is CN(Cc1cc(C#CCN)cs1)C(=O)NC1CC1. The van der Waals surface area contributed by atoms with Crippen LogP contribution >= 0.6 is 11.3 Å². The molecule has 0 atom stereocenters. The van der Waals surface area contributed by atoms with Crippen LogP contribution < -0.4 is 11.1 Å². The summed E-state index contributed by atoms with van der Waals surface area (Å²) >= 11 is 1.62. The number of rotatable bonds is 3. The Labute approximate surface area is 111 Å². The van der Waals surface area contributed by atoms with Gasteiger partial charge in [-0.1, -0.05) is 11.8 Å². The molecule has 4 nitrogen and oxygen atoms in total. The van der Waals surface area contributed by atoms with Crippen LogP contribution in [0.3, 0.4) is 0 Å². The lowest BCUT2D eigenvalue weighted by Gasteiger charge is -2.16. The topological polar surface area (TPSA) is 58.4 Å². The Morgan fingerprint density at radius 2 is 2.44 bits per heavy atom. The summed E-state index contributed by atoms with van der Waals surface area (Å²) in [5.74, 6) is 5.81. The lowest BCUT2D eigenvalue weighted by molar-refractivity contribution is 0.207. The number of carbonyl (C=O) groups excluding carboxylic acids is 1. The number of nitrogens with one attached hydrogen (secondary N) is 1. The third kappa shape index (κ3) is 3.76. The molecule has 1 fully saturated rings. The number of nitrogens with two attached hydrogens (primary N) is 1. The maximum Gasteiger partial charge on any atom is 0.317 e. The zero-order chi connectivity index (χ0) is 13.0. The van der Waals surface area contributed by atoms with Gasteiger partial charge in [0.05, 0.1) is 13.1 Å². The number of nitrogens with zero attached hydrogens (tertiary/aromatic N) is 1. The normalized spacial score (nSPS) is 13.7. The van der Waals surface area contributed by atoms with Gasteiger partial charge in [0.25, 0.3) is 0 Å². The molecule has 5 heteroatoms. The van der Waals surface area contributed by atoms with E-state index in [0.29, 0.717) is 19.1 Å². The van der Waals surface area contributed by atoms with Crippen LogP contribution in [0.4, 0.5) is 4.79 Å². The van der Waals surface area contributed by atoms with E-state index in [1.807, 2.05) is 18.5 Å². The van der Waals surface area contributed by atoms with Crippen LogP contribution in [0.25, 0.3) is 0 Å². The van der Waals surface area contributed by atoms with Gasteiger partial charge in [-0.15, -0.1) is 11.3 Å². The minimum absolute atomic E-state index is 0.000456. The van der Waals surface area contributed by atoms with Crippen LogP contribution in [-0.2, 0) is 6.54 Å². The monoisotopic (exact) mass is 263 g/mol. The summed E-state index contributed by atoms with van der Waals surface area (Å²) in [5.41, 5.74) is 6.29. The van der Waals surface area contributed by atoms with Crippen LogP contribution in [0, 0.1) is 11.8 Å². The number of thiophene rings is 1. The van der Waals surface area contributed by atoms with Gasteiger partial charge in [-0.05, 0) is 18.9 Å². The lowest BCUT2D eigenvalue weighted by atomic mass is 10.3. The summed E-state index contributed by atoms with van der Waals surface area (Å²) in [6.45, 7) is 0.988.